The fraction of sp³-hybridized carbons (Fsp3) is 0.214. The van der Waals surface area contributed by atoms with Crippen LogP contribution in [-0.2, 0) is 11.2 Å². The Morgan fingerprint density at radius 1 is 1.37 bits per heavy atom. The van der Waals surface area contributed by atoms with E-state index in [2.05, 4.69) is 15.3 Å². The molecular weight excluding hydrogens is 240 g/mol. The average molecular weight is 254 g/mol. The number of anilines is 1. The topological polar surface area (TPSA) is 80.9 Å². The highest BCUT2D eigenvalue weighted by Crippen LogP contribution is 2.29. The molecule has 1 aromatic heterocycles. The van der Waals surface area contributed by atoms with E-state index in [-0.39, 0.29) is 11.8 Å². The van der Waals surface area contributed by atoms with Gasteiger partial charge < -0.3 is 11.1 Å². The lowest BCUT2D eigenvalue weighted by Crippen LogP contribution is -2.15. The van der Waals surface area contributed by atoms with Crippen molar-refractivity contribution >= 4 is 11.6 Å². The third-order valence-corrected chi connectivity index (χ3v) is 3.33. The minimum Gasteiger partial charge on any atom is -0.329 e. The van der Waals surface area contributed by atoms with Gasteiger partial charge in [-0.05, 0) is 17.2 Å². The van der Waals surface area contributed by atoms with Crippen molar-refractivity contribution in [2.75, 3.05) is 11.9 Å². The molecule has 0 saturated carbocycles. The maximum atomic E-state index is 11.4. The Balaban J connectivity index is 1.97. The highest BCUT2D eigenvalue weighted by Gasteiger charge is 2.20. The van der Waals surface area contributed by atoms with Gasteiger partial charge in [-0.2, -0.15) is 0 Å². The number of benzene rings is 1. The van der Waals surface area contributed by atoms with E-state index in [0.29, 0.717) is 13.0 Å². The summed E-state index contributed by atoms with van der Waals surface area (Å²) in [6.45, 7) is 0.457. The van der Waals surface area contributed by atoms with Crippen molar-refractivity contribution in [3.63, 3.8) is 0 Å². The largest absolute Gasteiger partial charge is 0.329 e. The Morgan fingerprint density at radius 3 is 3.00 bits per heavy atom. The molecular formula is C14H14N4O. The predicted octanol–water partition coefficient (Wildman–Crippen LogP) is 1.06. The normalized spacial score (nSPS) is 14.9. The van der Waals surface area contributed by atoms with E-state index < -0.39 is 0 Å². The summed E-state index contributed by atoms with van der Waals surface area (Å²) in [6.07, 6.45) is 5.47. The van der Waals surface area contributed by atoms with Crippen LogP contribution >= 0.6 is 0 Å². The number of fused-ring (bicyclic) bond motifs is 1. The Morgan fingerprint density at radius 2 is 2.26 bits per heavy atom. The predicted molar refractivity (Wildman–Crippen MR) is 71.7 cm³/mol. The van der Waals surface area contributed by atoms with Crippen molar-refractivity contribution in [1.29, 1.82) is 0 Å². The quantitative estimate of drug-likeness (QED) is 0.858. The van der Waals surface area contributed by atoms with Gasteiger partial charge in [0.2, 0.25) is 5.91 Å². The van der Waals surface area contributed by atoms with Crippen LogP contribution in [0.3, 0.4) is 0 Å². The number of carbonyl (C=O) groups is 1. The van der Waals surface area contributed by atoms with E-state index in [9.17, 15) is 4.79 Å². The van der Waals surface area contributed by atoms with E-state index in [1.165, 1.54) is 0 Å². The van der Waals surface area contributed by atoms with Gasteiger partial charge in [-0.3, -0.25) is 14.8 Å². The first-order valence-corrected chi connectivity index (χ1v) is 6.16. The van der Waals surface area contributed by atoms with Gasteiger partial charge in [0.15, 0.2) is 0 Å². The zero-order valence-corrected chi connectivity index (χ0v) is 10.3. The molecule has 1 unspecified atom stereocenters. The van der Waals surface area contributed by atoms with Gasteiger partial charge in [-0.15, -0.1) is 0 Å². The second-order valence-corrected chi connectivity index (χ2v) is 4.56. The fourth-order valence-corrected chi connectivity index (χ4v) is 2.38. The van der Waals surface area contributed by atoms with Crippen LogP contribution in [0.25, 0.3) is 0 Å². The summed E-state index contributed by atoms with van der Waals surface area (Å²) >= 11 is 0. The molecule has 96 valence electrons. The molecule has 3 N–H and O–H groups in total. The van der Waals surface area contributed by atoms with Crippen LogP contribution in [0.1, 0.15) is 22.7 Å². The first-order valence-electron chi connectivity index (χ1n) is 6.16. The number of amides is 1. The first-order chi connectivity index (χ1) is 9.28. The van der Waals surface area contributed by atoms with E-state index in [1.807, 2.05) is 18.2 Å². The summed E-state index contributed by atoms with van der Waals surface area (Å²) in [5.74, 6) is 0.0469. The van der Waals surface area contributed by atoms with Gasteiger partial charge in [0.05, 0.1) is 12.1 Å². The molecule has 1 atom stereocenters. The molecule has 5 nitrogen and oxygen atoms in total. The summed E-state index contributed by atoms with van der Waals surface area (Å²) in [6, 6.07) is 5.94. The third-order valence-electron chi connectivity index (χ3n) is 3.33. The van der Waals surface area contributed by atoms with Crippen molar-refractivity contribution in [3.8, 4) is 0 Å². The van der Waals surface area contributed by atoms with Crippen LogP contribution in [0.4, 0.5) is 5.69 Å². The van der Waals surface area contributed by atoms with Crippen molar-refractivity contribution in [2.24, 2.45) is 5.73 Å². The van der Waals surface area contributed by atoms with Crippen LogP contribution in [0.15, 0.2) is 36.8 Å². The standard InChI is InChI=1S/C14H14N4O/c15-7-11(13-8-16-3-4-17-13)9-1-2-12-10(5-9)6-14(19)18-12/h1-5,8,11H,6-7,15H2,(H,18,19). The van der Waals surface area contributed by atoms with E-state index >= 15 is 0 Å². The number of hydrogen-bond acceptors (Lipinski definition) is 4. The van der Waals surface area contributed by atoms with Crippen LogP contribution in [0.5, 0.6) is 0 Å². The van der Waals surface area contributed by atoms with Gasteiger partial charge in [0, 0.05) is 36.7 Å². The lowest BCUT2D eigenvalue weighted by molar-refractivity contribution is -0.115. The lowest BCUT2D eigenvalue weighted by Gasteiger charge is -2.15. The third kappa shape index (κ3) is 2.20. The average Bonchev–Trinajstić information content (AvgIpc) is 2.80. The molecule has 0 aliphatic carbocycles. The van der Waals surface area contributed by atoms with Crippen molar-refractivity contribution < 1.29 is 4.79 Å². The molecule has 1 aromatic carbocycles. The number of nitrogens with one attached hydrogen (secondary N) is 1. The second-order valence-electron chi connectivity index (χ2n) is 4.56. The monoisotopic (exact) mass is 254 g/mol. The smallest absolute Gasteiger partial charge is 0.228 e. The maximum Gasteiger partial charge on any atom is 0.228 e. The zero-order valence-electron chi connectivity index (χ0n) is 10.3. The molecule has 0 radical (unpaired) electrons. The van der Waals surface area contributed by atoms with Gasteiger partial charge in [0.25, 0.3) is 0 Å². The number of rotatable bonds is 3. The molecule has 0 fully saturated rings. The molecule has 1 aliphatic rings. The summed E-state index contributed by atoms with van der Waals surface area (Å²) in [5, 5.41) is 2.82. The summed E-state index contributed by atoms with van der Waals surface area (Å²) in [4.78, 5) is 19.8. The molecule has 0 bridgehead atoms. The van der Waals surface area contributed by atoms with Crippen LogP contribution in [0.2, 0.25) is 0 Å². The number of aromatic nitrogens is 2. The lowest BCUT2D eigenvalue weighted by atomic mass is 9.94. The van der Waals surface area contributed by atoms with E-state index in [0.717, 1.165) is 22.5 Å². The Kier molecular flexibility index (Phi) is 2.97. The molecule has 0 saturated heterocycles. The molecule has 3 rings (SSSR count). The SMILES string of the molecule is NCC(c1ccc2c(c1)CC(=O)N2)c1cnccn1. The van der Waals surface area contributed by atoms with Gasteiger partial charge in [-0.25, -0.2) is 0 Å². The Bertz CT molecular complexity index is 612. The second kappa shape index (κ2) is 4.78. The molecule has 5 heteroatoms. The highest BCUT2D eigenvalue weighted by atomic mass is 16.1. The van der Waals surface area contributed by atoms with E-state index in [1.54, 1.807) is 18.6 Å². The molecule has 19 heavy (non-hydrogen) atoms. The Hall–Kier alpha value is -2.27. The summed E-state index contributed by atoms with van der Waals surface area (Å²) in [5.41, 5.74) is 9.69. The zero-order chi connectivity index (χ0) is 13.2. The molecule has 2 heterocycles. The molecule has 2 aromatic rings. The molecule has 0 spiro atoms. The van der Waals surface area contributed by atoms with Crippen molar-refractivity contribution in [2.45, 2.75) is 12.3 Å². The number of hydrogen-bond donors (Lipinski definition) is 2. The minimum absolute atomic E-state index is 0.00898. The molecule has 1 aliphatic heterocycles. The van der Waals surface area contributed by atoms with Crippen molar-refractivity contribution in [3.05, 3.63) is 53.6 Å². The number of carbonyl (C=O) groups excluding carboxylic acids is 1. The maximum absolute atomic E-state index is 11.4. The van der Waals surface area contributed by atoms with E-state index in [4.69, 9.17) is 5.73 Å². The summed E-state index contributed by atoms with van der Waals surface area (Å²) in [7, 11) is 0. The van der Waals surface area contributed by atoms with Crippen LogP contribution < -0.4 is 11.1 Å². The van der Waals surface area contributed by atoms with Gasteiger partial charge >= 0.3 is 0 Å². The van der Waals surface area contributed by atoms with Gasteiger partial charge in [-0.1, -0.05) is 12.1 Å². The number of nitrogens with two attached hydrogens (primary N) is 1. The van der Waals surface area contributed by atoms with Crippen LogP contribution in [-0.4, -0.2) is 22.4 Å². The first kappa shape index (κ1) is 11.8. The summed E-state index contributed by atoms with van der Waals surface area (Å²) < 4.78 is 0. The van der Waals surface area contributed by atoms with Gasteiger partial charge in [0.1, 0.15) is 0 Å². The number of nitrogens with zero attached hydrogens (tertiary/aromatic N) is 2. The fourth-order valence-electron chi connectivity index (χ4n) is 2.38. The van der Waals surface area contributed by atoms with Crippen molar-refractivity contribution in [1.82, 2.24) is 9.97 Å². The van der Waals surface area contributed by atoms with Crippen LogP contribution in [0, 0.1) is 0 Å². The minimum atomic E-state index is 0.00898. The Labute approximate surface area is 110 Å². The highest BCUT2D eigenvalue weighted by molar-refractivity contribution is 5.99. The molecule has 1 amide bonds.